The molecule has 102 valence electrons. The van der Waals surface area contributed by atoms with Crippen LogP contribution < -0.4 is 16.6 Å². The molecule has 0 bridgehead atoms. The number of nitrogens with two attached hydrogens (primary N) is 1. The predicted octanol–water partition coefficient (Wildman–Crippen LogP) is 1.41. The van der Waals surface area contributed by atoms with Gasteiger partial charge >= 0.3 is 0 Å². The number of nitrogens with zero attached hydrogens (tertiary/aromatic N) is 1. The molecule has 1 aromatic carbocycles. The van der Waals surface area contributed by atoms with Crippen molar-refractivity contribution in [1.82, 2.24) is 5.32 Å². The van der Waals surface area contributed by atoms with E-state index in [-0.39, 0.29) is 11.3 Å². The van der Waals surface area contributed by atoms with Crippen molar-refractivity contribution in [2.75, 3.05) is 12.0 Å². The topological polar surface area (TPSA) is 110 Å². The van der Waals surface area contributed by atoms with E-state index in [0.717, 1.165) is 6.42 Å². The highest BCUT2D eigenvalue weighted by molar-refractivity contribution is 5.99. The van der Waals surface area contributed by atoms with Gasteiger partial charge in [0.25, 0.3) is 11.6 Å². The molecule has 1 aromatic rings. The number of rotatable bonds is 6. The van der Waals surface area contributed by atoms with Gasteiger partial charge in [-0.3, -0.25) is 20.8 Å². The number of nitro groups is 1. The Bertz CT molecular complexity index is 500. The third-order valence-corrected chi connectivity index (χ3v) is 3.14. The molecule has 19 heavy (non-hydrogen) atoms. The maximum absolute atomic E-state index is 12.0. The Balaban J connectivity index is 2.09. The molecule has 0 atom stereocenters. The standard InChI is InChI=1S/C12H16N4O3/c13-15-9-3-4-11(16(18)19)10(7-9)12(17)14-6-5-8-1-2-8/h3-4,7-8,15H,1-2,5-6,13H2,(H,14,17). The third kappa shape index (κ3) is 3.41. The number of carbonyl (C=O) groups is 1. The van der Waals surface area contributed by atoms with Gasteiger partial charge in [0.2, 0.25) is 0 Å². The molecular formula is C12H16N4O3. The van der Waals surface area contributed by atoms with Gasteiger partial charge in [-0.15, -0.1) is 0 Å². The highest BCUT2D eigenvalue weighted by Crippen LogP contribution is 2.31. The van der Waals surface area contributed by atoms with Crippen molar-refractivity contribution in [1.29, 1.82) is 0 Å². The van der Waals surface area contributed by atoms with E-state index >= 15 is 0 Å². The number of benzene rings is 1. The summed E-state index contributed by atoms with van der Waals surface area (Å²) in [5.74, 6) is 5.50. The molecule has 0 aliphatic heterocycles. The summed E-state index contributed by atoms with van der Waals surface area (Å²) in [7, 11) is 0. The molecule has 2 rings (SSSR count). The lowest BCUT2D eigenvalue weighted by molar-refractivity contribution is -0.385. The first-order valence-corrected chi connectivity index (χ1v) is 6.15. The summed E-state index contributed by atoms with van der Waals surface area (Å²) in [6, 6.07) is 4.11. The zero-order valence-corrected chi connectivity index (χ0v) is 10.4. The fourth-order valence-electron chi connectivity index (χ4n) is 1.86. The normalized spacial score (nSPS) is 13.9. The van der Waals surface area contributed by atoms with E-state index in [0.29, 0.717) is 18.2 Å². The largest absolute Gasteiger partial charge is 0.352 e. The van der Waals surface area contributed by atoms with Crippen LogP contribution in [0.25, 0.3) is 0 Å². The molecule has 0 unspecified atom stereocenters. The Hall–Kier alpha value is -2.15. The second-order valence-corrected chi connectivity index (χ2v) is 4.62. The molecular weight excluding hydrogens is 248 g/mol. The van der Waals surface area contributed by atoms with Gasteiger partial charge < -0.3 is 10.7 Å². The van der Waals surface area contributed by atoms with Crippen molar-refractivity contribution in [3.05, 3.63) is 33.9 Å². The first-order chi connectivity index (χ1) is 9.11. The Labute approximate surface area is 110 Å². The van der Waals surface area contributed by atoms with Crippen LogP contribution in [0.4, 0.5) is 11.4 Å². The number of hydrazine groups is 1. The van der Waals surface area contributed by atoms with Crippen LogP contribution in [0.5, 0.6) is 0 Å². The maximum atomic E-state index is 12.0. The third-order valence-electron chi connectivity index (χ3n) is 3.14. The zero-order valence-electron chi connectivity index (χ0n) is 10.4. The molecule has 1 aliphatic rings. The Kier molecular flexibility index (Phi) is 3.96. The average Bonchev–Trinajstić information content (AvgIpc) is 3.21. The number of hydrogen-bond donors (Lipinski definition) is 3. The van der Waals surface area contributed by atoms with Crippen molar-refractivity contribution in [3.63, 3.8) is 0 Å². The van der Waals surface area contributed by atoms with Gasteiger partial charge in [-0.2, -0.15) is 0 Å². The summed E-state index contributed by atoms with van der Waals surface area (Å²) < 4.78 is 0. The minimum atomic E-state index is -0.573. The fourth-order valence-corrected chi connectivity index (χ4v) is 1.86. The van der Waals surface area contributed by atoms with Crippen LogP contribution in [0.15, 0.2) is 18.2 Å². The molecule has 0 spiro atoms. The van der Waals surface area contributed by atoms with E-state index in [1.807, 2.05) is 0 Å². The van der Waals surface area contributed by atoms with E-state index < -0.39 is 10.8 Å². The summed E-state index contributed by atoms with van der Waals surface area (Å²) in [6.45, 7) is 0.543. The van der Waals surface area contributed by atoms with Crippen LogP contribution in [-0.2, 0) is 0 Å². The van der Waals surface area contributed by atoms with Gasteiger partial charge in [0.05, 0.1) is 4.92 Å². The number of nitrogen functional groups attached to an aromatic ring is 1. The summed E-state index contributed by atoms with van der Waals surface area (Å²) in [4.78, 5) is 22.3. The number of nitrogens with one attached hydrogen (secondary N) is 2. The molecule has 0 radical (unpaired) electrons. The predicted molar refractivity (Wildman–Crippen MR) is 70.6 cm³/mol. The van der Waals surface area contributed by atoms with Gasteiger partial charge in [0.15, 0.2) is 0 Å². The lowest BCUT2D eigenvalue weighted by atomic mass is 10.1. The van der Waals surface area contributed by atoms with Crippen molar-refractivity contribution >= 4 is 17.3 Å². The minimum absolute atomic E-state index is 0.0243. The van der Waals surface area contributed by atoms with E-state index in [1.54, 1.807) is 0 Å². The minimum Gasteiger partial charge on any atom is -0.352 e. The van der Waals surface area contributed by atoms with Gasteiger partial charge in [0.1, 0.15) is 5.56 Å². The van der Waals surface area contributed by atoms with Crippen molar-refractivity contribution in [3.8, 4) is 0 Å². The number of hydrogen-bond acceptors (Lipinski definition) is 5. The van der Waals surface area contributed by atoms with Gasteiger partial charge in [0, 0.05) is 18.3 Å². The number of anilines is 1. The average molecular weight is 264 g/mol. The second-order valence-electron chi connectivity index (χ2n) is 4.62. The number of nitro benzene ring substituents is 1. The molecule has 1 amide bonds. The molecule has 0 heterocycles. The SMILES string of the molecule is NNc1ccc([N+](=O)[O-])c(C(=O)NCCC2CC2)c1. The summed E-state index contributed by atoms with van der Waals surface area (Å²) in [6.07, 6.45) is 3.35. The zero-order chi connectivity index (χ0) is 13.8. The van der Waals surface area contributed by atoms with Gasteiger partial charge in [-0.05, 0) is 24.5 Å². The Morgan fingerprint density at radius 2 is 2.21 bits per heavy atom. The van der Waals surface area contributed by atoms with E-state index in [4.69, 9.17) is 5.84 Å². The monoisotopic (exact) mass is 264 g/mol. The van der Waals surface area contributed by atoms with Crippen LogP contribution in [0, 0.1) is 16.0 Å². The van der Waals surface area contributed by atoms with Crippen molar-refractivity contribution in [2.45, 2.75) is 19.3 Å². The van der Waals surface area contributed by atoms with Crippen LogP contribution >= 0.6 is 0 Å². The molecule has 0 saturated heterocycles. The van der Waals surface area contributed by atoms with Gasteiger partial charge in [-0.25, -0.2) is 0 Å². The smallest absolute Gasteiger partial charge is 0.282 e. The number of carbonyl (C=O) groups excluding carboxylic acids is 1. The first-order valence-electron chi connectivity index (χ1n) is 6.15. The summed E-state index contributed by atoms with van der Waals surface area (Å²) in [5.41, 5.74) is 2.63. The van der Waals surface area contributed by atoms with Crippen LogP contribution in [0.2, 0.25) is 0 Å². The first kappa shape index (κ1) is 13.3. The summed E-state index contributed by atoms with van der Waals surface area (Å²) in [5, 5.41) is 13.6. The second kappa shape index (κ2) is 5.66. The van der Waals surface area contributed by atoms with Crippen molar-refractivity contribution < 1.29 is 9.72 Å². The lowest BCUT2D eigenvalue weighted by Gasteiger charge is -2.07. The van der Waals surface area contributed by atoms with Crippen LogP contribution in [0.1, 0.15) is 29.6 Å². The van der Waals surface area contributed by atoms with E-state index in [9.17, 15) is 14.9 Å². The van der Waals surface area contributed by atoms with Gasteiger partial charge in [-0.1, -0.05) is 12.8 Å². The summed E-state index contributed by atoms with van der Waals surface area (Å²) >= 11 is 0. The highest BCUT2D eigenvalue weighted by atomic mass is 16.6. The number of amides is 1. The van der Waals surface area contributed by atoms with Crippen LogP contribution in [0.3, 0.4) is 0 Å². The lowest BCUT2D eigenvalue weighted by Crippen LogP contribution is -2.25. The fraction of sp³-hybridized carbons (Fsp3) is 0.417. The maximum Gasteiger partial charge on any atom is 0.282 e. The molecule has 1 aliphatic carbocycles. The van der Waals surface area contributed by atoms with Crippen molar-refractivity contribution in [2.24, 2.45) is 11.8 Å². The van der Waals surface area contributed by atoms with Crippen LogP contribution in [-0.4, -0.2) is 17.4 Å². The van der Waals surface area contributed by atoms with E-state index in [2.05, 4.69) is 10.7 Å². The molecule has 4 N–H and O–H groups in total. The molecule has 1 saturated carbocycles. The molecule has 7 heteroatoms. The molecule has 1 fully saturated rings. The highest BCUT2D eigenvalue weighted by Gasteiger charge is 2.23. The Morgan fingerprint density at radius 3 is 2.79 bits per heavy atom. The Morgan fingerprint density at radius 1 is 1.47 bits per heavy atom. The molecule has 7 nitrogen and oxygen atoms in total. The quantitative estimate of drug-likeness (QED) is 0.409. The van der Waals surface area contributed by atoms with E-state index in [1.165, 1.54) is 31.0 Å². The molecule has 0 aromatic heterocycles.